The highest BCUT2D eigenvalue weighted by atomic mass is 16.5. The summed E-state index contributed by atoms with van der Waals surface area (Å²) in [5, 5.41) is 10.00. The maximum atomic E-state index is 12.6. The molecule has 1 heterocycles. The Morgan fingerprint density at radius 2 is 2.12 bits per heavy atom. The molecule has 2 fully saturated rings. The Bertz CT molecular complexity index is 597. The van der Waals surface area contributed by atoms with Gasteiger partial charge in [0.25, 0.3) is 0 Å². The molecule has 1 aliphatic heterocycles. The van der Waals surface area contributed by atoms with Crippen molar-refractivity contribution in [3.8, 4) is 0 Å². The molecule has 2 aliphatic carbocycles. The largest absolute Gasteiger partial charge is 0.469 e. The third-order valence-corrected chi connectivity index (χ3v) is 7.64. The maximum Gasteiger partial charge on any atom is 0.334 e. The highest BCUT2D eigenvalue weighted by Crippen LogP contribution is 2.62. The molecule has 0 saturated heterocycles. The minimum Gasteiger partial charge on any atom is -0.469 e. The van der Waals surface area contributed by atoms with Gasteiger partial charge < -0.3 is 14.6 Å². The fraction of sp³-hybridized carbons (Fsp3) is 0.810. The molecule has 146 valence electrons. The summed E-state index contributed by atoms with van der Waals surface area (Å²) in [4.78, 5) is 24.4. The average molecular weight is 364 g/mol. The number of fused-ring (bicyclic) bond motifs is 1. The van der Waals surface area contributed by atoms with Gasteiger partial charge in [0, 0.05) is 12.2 Å². The third kappa shape index (κ3) is 3.08. The Kier molecular flexibility index (Phi) is 5.48. The van der Waals surface area contributed by atoms with Crippen LogP contribution in [0.4, 0.5) is 0 Å². The van der Waals surface area contributed by atoms with Crippen molar-refractivity contribution in [2.24, 2.45) is 28.6 Å². The summed E-state index contributed by atoms with van der Waals surface area (Å²) >= 11 is 0. The first-order valence-corrected chi connectivity index (χ1v) is 9.92. The smallest absolute Gasteiger partial charge is 0.334 e. The van der Waals surface area contributed by atoms with Crippen LogP contribution in [0.3, 0.4) is 0 Å². The van der Waals surface area contributed by atoms with Crippen molar-refractivity contribution in [2.75, 3.05) is 20.3 Å². The van der Waals surface area contributed by atoms with Gasteiger partial charge in [-0.25, -0.2) is 4.79 Å². The van der Waals surface area contributed by atoms with E-state index in [2.05, 4.69) is 13.8 Å². The summed E-state index contributed by atoms with van der Waals surface area (Å²) in [7, 11) is 1.48. The molecule has 2 saturated carbocycles. The summed E-state index contributed by atoms with van der Waals surface area (Å²) in [5.74, 6) is 0.482. The van der Waals surface area contributed by atoms with Gasteiger partial charge in [0.15, 0.2) is 0 Å². The Balaban J connectivity index is 1.85. The zero-order valence-corrected chi connectivity index (χ0v) is 16.3. The van der Waals surface area contributed by atoms with E-state index < -0.39 is 5.41 Å². The molecule has 0 radical (unpaired) electrons. The predicted octanol–water partition coefficient (Wildman–Crippen LogP) is 3.25. The normalized spacial score (nSPS) is 39.8. The van der Waals surface area contributed by atoms with Crippen molar-refractivity contribution < 1.29 is 24.2 Å². The molecule has 1 unspecified atom stereocenters. The van der Waals surface area contributed by atoms with E-state index in [-0.39, 0.29) is 35.8 Å². The lowest BCUT2D eigenvalue weighted by atomic mass is 9.45. The summed E-state index contributed by atoms with van der Waals surface area (Å²) in [6, 6.07) is 0. The Hall–Kier alpha value is -1.36. The van der Waals surface area contributed by atoms with Gasteiger partial charge in [0.2, 0.25) is 0 Å². The first kappa shape index (κ1) is 19.4. The number of ether oxygens (including phenoxy) is 2. The minimum atomic E-state index is -0.452. The zero-order chi connectivity index (χ0) is 18.9. The van der Waals surface area contributed by atoms with Crippen LogP contribution in [0.25, 0.3) is 0 Å². The molecule has 3 rings (SSSR count). The Morgan fingerprint density at radius 1 is 1.35 bits per heavy atom. The van der Waals surface area contributed by atoms with Crippen LogP contribution in [-0.4, -0.2) is 37.4 Å². The standard InChI is InChI=1S/C21H32O5/c1-20-10-4-11-21(2,19(24)25-3)17(20)8-6-15(13-22)16(20)7-5-14-9-12-26-18(14)23/h9,15-17,22H,4-8,10-13H2,1-3H3/t15-,16+,17?,20-,21+/m1/s1. The monoisotopic (exact) mass is 364 g/mol. The molecule has 0 aromatic carbocycles. The van der Waals surface area contributed by atoms with E-state index in [1.807, 2.05) is 6.08 Å². The molecule has 0 aromatic heterocycles. The lowest BCUT2D eigenvalue weighted by molar-refractivity contribution is -0.174. The number of esters is 2. The van der Waals surface area contributed by atoms with E-state index >= 15 is 0 Å². The van der Waals surface area contributed by atoms with Crippen LogP contribution in [0.2, 0.25) is 0 Å². The van der Waals surface area contributed by atoms with Crippen molar-refractivity contribution in [1.82, 2.24) is 0 Å². The number of carbonyl (C=O) groups excluding carboxylic acids is 2. The fourth-order valence-corrected chi connectivity index (χ4v) is 6.30. The second-order valence-electron chi connectivity index (χ2n) is 8.81. The molecular weight excluding hydrogens is 332 g/mol. The average Bonchev–Trinajstić information content (AvgIpc) is 3.03. The van der Waals surface area contributed by atoms with Crippen molar-refractivity contribution in [2.45, 2.75) is 58.8 Å². The number of hydrogen-bond donors (Lipinski definition) is 1. The van der Waals surface area contributed by atoms with Gasteiger partial charge in [-0.15, -0.1) is 0 Å². The molecular formula is C21H32O5. The molecule has 3 aliphatic rings. The number of aliphatic hydroxyl groups excluding tert-OH is 1. The van der Waals surface area contributed by atoms with E-state index in [1.54, 1.807) is 0 Å². The number of rotatable bonds is 5. The van der Waals surface area contributed by atoms with Gasteiger partial charge in [0.1, 0.15) is 6.61 Å². The highest BCUT2D eigenvalue weighted by Gasteiger charge is 2.58. The quantitative estimate of drug-likeness (QED) is 0.758. The van der Waals surface area contributed by atoms with Crippen LogP contribution in [0.5, 0.6) is 0 Å². The zero-order valence-electron chi connectivity index (χ0n) is 16.3. The fourth-order valence-electron chi connectivity index (χ4n) is 6.30. The van der Waals surface area contributed by atoms with Gasteiger partial charge in [-0.2, -0.15) is 0 Å². The lowest BCUT2D eigenvalue weighted by Gasteiger charge is -2.59. The van der Waals surface area contributed by atoms with Gasteiger partial charge in [-0.3, -0.25) is 4.79 Å². The summed E-state index contributed by atoms with van der Waals surface area (Å²) in [6.07, 6.45) is 8.24. The van der Waals surface area contributed by atoms with E-state index in [0.717, 1.165) is 44.1 Å². The Morgan fingerprint density at radius 3 is 2.73 bits per heavy atom. The predicted molar refractivity (Wildman–Crippen MR) is 97.1 cm³/mol. The van der Waals surface area contributed by atoms with Crippen molar-refractivity contribution in [1.29, 1.82) is 0 Å². The molecule has 0 spiro atoms. The van der Waals surface area contributed by atoms with Crippen LogP contribution < -0.4 is 0 Å². The van der Waals surface area contributed by atoms with Crippen molar-refractivity contribution in [3.63, 3.8) is 0 Å². The van der Waals surface area contributed by atoms with Crippen LogP contribution in [-0.2, 0) is 19.1 Å². The molecule has 5 atom stereocenters. The SMILES string of the molecule is COC(=O)[C@@]1(C)CCC[C@@]2(C)C1CC[C@H](CO)[C@@H]2CCC1=CCOC1=O. The van der Waals surface area contributed by atoms with Crippen LogP contribution in [0, 0.1) is 28.6 Å². The topological polar surface area (TPSA) is 72.8 Å². The molecule has 5 heteroatoms. The molecule has 0 bridgehead atoms. The minimum absolute atomic E-state index is 0.0180. The van der Waals surface area contributed by atoms with Gasteiger partial charge in [-0.05, 0) is 74.7 Å². The molecule has 0 aromatic rings. The van der Waals surface area contributed by atoms with Crippen molar-refractivity contribution in [3.05, 3.63) is 11.6 Å². The number of carbonyl (C=O) groups is 2. The van der Waals surface area contributed by atoms with Gasteiger partial charge in [0.05, 0.1) is 12.5 Å². The summed E-state index contributed by atoms with van der Waals surface area (Å²) in [5.41, 5.74) is 0.293. The third-order valence-electron chi connectivity index (χ3n) is 7.64. The second-order valence-corrected chi connectivity index (χ2v) is 8.81. The number of methoxy groups -OCH3 is 1. The van der Waals surface area contributed by atoms with Crippen LogP contribution in [0.1, 0.15) is 58.8 Å². The number of aliphatic hydroxyl groups is 1. The molecule has 1 N–H and O–H groups in total. The Labute approximate surface area is 156 Å². The van der Waals surface area contributed by atoms with Crippen LogP contribution in [0.15, 0.2) is 11.6 Å². The highest BCUT2D eigenvalue weighted by molar-refractivity contribution is 5.90. The number of cyclic esters (lactones) is 1. The number of hydrogen-bond acceptors (Lipinski definition) is 5. The van der Waals surface area contributed by atoms with E-state index in [4.69, 9.17) is 9.47 Å². The first-order chi connectivity index (χ1) is 12.4. The van der Waals surface area contributed by atoms with E-state index in [9.17, 15) is 14.7 Å². The van der Waals surface area contributed by atoms with Crippen molar-refractivity contribution >= 4 is 11.9 Å². The molecule has 26 heavy (non-hydrogen) atoms. The molecule has 5 nitrogen and oxygen atoms in total. The lowest BCUT2D eigenvalue weighted by Crippen LogP contribution is -2.55. The molecule has 0 amide bonds. The second kappa shape index (κ2) is 7.34. The van der Waals surface area contributed by atoms with Gasteiger partial charge in [-0.1, -0.05) is 13.3 Å². The van der Waals surface area contributed by atoms with E-state index in [0.29, 0.717) is 18.9 Å². The first-order valence-electron chi connectivity index (χ1n) is 9.92. The maximum absolute atomic E-state index is 12.6. The van der Waals surface area contributed by atoms with E-state index in [1.165, 1.54) is 7.11 Å². The summed E-state index contributed by atoms with van der Waals surface area (Å²) < 4.78 is 10.2. The summed E-state index contributed by atoms with van der Waals surface area (Å²) in [6.45, 7) is 4.91. The van der Waals surface area contributed by atoms with Gasteiger partial charge >= 0.3 is 11.9 Å². The van der Waals surface area contributed by atoms with Crippen LogP contribution >= 0.6 is 0 Å².